The Morgan fingerprint density at radius 1 is 1.04 bits per heavy atom. The van der Waals surface area contributed by atoms with E-state index in [4.69, 9.17) is 4.74 Å². The van der Waals surface area contributed by atoms with Crippen LogP contribution >= 0.6 is 0 Å². The molecule has 1 saturated heterocycles. The number of rotatable bonds is 6. The summed E-state index contributed by atoms with van der Waals surface area (Å²) < 4.78 is 5.83. The predicted molar refractivity (Wildman–Crippen MR) is 101 cm³/mol. The summed E-state index contributed by atoms with van der Waals surface area (Å²) in [6.45, 7) is 3.16. The Balaban J connectivity index is 1.55. The highest BCUT2D eigenvalue weighted by molar-refractivity contribution is 5.84. The van der Waals surface area contributed by atoms with E-state index in [9.17, 15) is 5.11 Å². The maximum Gasteiger partial charge on any atom is 0.141 e. The van der Waals surface area contributed by atoms with Gasteiger partial charge in [-0.1, -0.05) is 24.3 Å². The summed E-state index contributed by atoms with van der Waals surface area (Å²) in [5, 5.41) is 11.0. The third kappa shape index (κ3) is 4.00. The van der Waals surface area contributed by atoms with Crippen LogP contribution in [0.3, 0.4) is 0 Å². The molecule has 2 aromatic heterocycles. The van der Waals surface area contributed by atoms with Gasteiger partial charge in [0, 0.05) is 37.8 Å². The number of para-hydroxylation sites is 1. The van der Waals surface area contributed by atoms with E-state index in [1.807, 2.05) is 48.7 Å². The Morgan fingerprint density at radius 3 is 2.77 bits per heavy atom. The quantitative estimate of drug-likeness (QED) is 0.738. The minimum atomic E-state index is 0.222. The topological polar surface area (TPSA) is 58.5 Å². The molecule has 5 heteroatoms. The zero-order valence-corrected chi connectivity index (χ0v) is 14.7. The lowest BCUT2D eigenvalue weighted by Crippen LogP contribution is -2.32. The van der Waals surface area contributed by atoms with Crippen molar-refractivity contribution in [2.24, 2.45) is 0 Å². The number of nitrogens with zero attached hydrogens (tertiary/aromatic N) is 3. The van der Waals surface area contributed by atoms with Crippen molar-refractivity contribution in [3.8, 4) is 5.75 Å². The fraction of sp³-hybridized carbons (Fsp3) is 0.333. The van der Waals surface area contributed by atoms with Crippen molar-refractivity contribution in [2.75, 3.05) is 13.2 Å². The Hall–Kier alpha value is -2.50. The minimum Gasteiger partial charge on any atom is -0.506 e. The van der Waals surface area contributed by atoms with Gasteiger partial charge in [-0.3, -0.25) is 9.88 Å². The van der Waals surface area contributed by atoms with E-state index in [0.717, 1.165) is 49.3 Å². The zero-order valence-electron chi connectivity index (χ0n) is 14.7. The number of ether oxygens (including phenoxy) is 1. The van der Waals surface area contributed by atoms with Crippen LogP contribution in [0.2, 0.25) is 0 Å². The van der Waals surface area contributed by atoms with E-state index in [2.05, 4.69) is 14.9 Å². The molecule has 0 aliphatic carbocycles. The Bertz CT molecular complexity index is 864. The summed E-state index contributed by atoms with van der Waals surface area (Å²) in [5.41, 5.74) is 2.63. The minimum absolute atomic E-state index is 0.222. The number of phenolic OH excluding ortho intramolecular Hbond substituents is 1. The van der Waals surface area contributed by atoms with Gasteiger partial charge < -0.3 is 9.84 Å². The molecule has 0 spiro atoms. The van der Waals surface area contributed by atoms with E-state index in [-0.39, 0.29) is 11.9 Å². The Labute approximate surface area is 153 Å². The van der Waals surface area contributed by atoms with Crippen LogP contribution in [0.1, 0.15) is 24.2 Å². The molecule has 1 atom stereocenters. The average Bonchev–Trinajstić information content (AvgIpc) is 3.16. The lowest BCUT2D eigenvalue weighted by Gasteiger charge is -2.24. The molecule has 0 saturated carbocycles. The number of aromatic nitrogens is 2. The second-order valence-corrected chi connectivity index (χ2v) is 6.78. The van der Waals surface area contributed by atoms with Gasteiger partial charge in [-0.25, -0.2) is 4.98 Å². The highest BCUT2D eigenvalue weighted by atomic mass is 16.5. The molecule has 4 rings (SSSR count). The largest absolute Gasteiger partial charge is 0.506 e. The second-order valence-electron chi connectivity index (χ2n) is 6.78. The molecule has 1 aromatic carbocycles. The molecular weight excluding hydrogens is 326 g/mol. The molecule has 0 radical (unpaired) electrons. The van der Waals surface area contributed by atoms with E-state index in [1.165, 1.54) is 0 Å². The summed E-state index contributed by atoms with van der Waals surface area (Å²) in [6.07, 6.45) is 4.33. The number of hydrogen-bond acceptors (Lipinski definition) is 5. The lowest BCUT2D eigenvalue weighted by atomic mass is 10.1. The van der Waals surface area contributed by atoms with Crippen LogP contribution in [0.4, 0.5) is 0 Å². The first-order valence-corrected chi connectivity index (χ1v) is 9.09. The van der Waals surface area contributed by atoms with E-state index in [0.29, 0.717) is 12.1 Å². The van der Waals surface area contributed by atoms with Crippen molar-refractivity contribution in [3.63, 3.8) is 0 Å². The Kier molecular flexibility index (Phi) is 5.09. The van der Waals surface area contributed by atoms with Gasteiger partial charge in [0.05, 0.1) is 17.5 Å². The molecule has 5 nitrogen and oxygen atoms in total. The summed E-state index contributed by atoms with van der Waals surface area (Å²) in [5.74, 6) is 0.222. The van der Waals surface area contributed by atoms with E-state index < -0.39 is 0 Å². The van der Waals surface area contributed by atoms with Gasteiger partial charge in [-0.05, 0) is 37.1 Å². The molecular formula is C21H23N3O2. The van der Waals surface area contributed by atoms with Crippen LogP contribution in [0.15, 0.2) is 54.7 Å². The van der Waals surface area contributed by atoms with Gasteiger partial charge in [0.15, 0.2) is 0 Å². The molecule has 26 heavy (non-hydrogen) atoms. The molecule has 3 heterocycles. The molecule has 134 valence electrons. The van der Waals surface area contributed by atoms with Crippen molar-refractivity contribution < 1.29 is 9.84 Å². The van der Waals surface area contributed by atoms with Crippen molar-refractivity contribution in [1.29, 1.82) is 0 Å². The molecule has 0 amide bonds. The number of fused-ring (bicyclic) bond motifs is 1. The number of benzene rings is 1. The van der Waals surface area contributed by atoms with Gasteiger partial charge in [-0.15, -0.1) is 0 Å². The molecule has 3 aromatic rings. The maximum atomic E-state index is 10.1. The lowest BCUT2D eigenvalue weighted by molar-refractivity contribution is 0.0671. The van der Waals surface area contributed by atoms with Crippen LogP contribution in [-0.2, 0) is 17.8 Å². The van der Waals surface area contributed by atoms with Gasteiger partial charge in [0.25, 0.3) is 0 Å². The third-order valence-corrected chi connectivity index (χ3v) is 4.74. The van der Waals surface area contributed by atoms with Gasteiger partial charge in [-0.2, -0.15) is 0 Å². The van der Waals surface area contributed by atoms with Crippen molar-refractivity contribution in [2.45, 2.75) is 32.0 Å². The average molecular weight is 349 g/mol. The monoisotopic (exact) mass is 349 g/mol. The van der Waals surface area contributed by atoms with Gasteiger partial charge >= 0.3 is 0 Å². The van der Waals surface area contributed by atoms with Crippen molar-refractivity contribution in [3.05, 3.63) is 66.1 Å². The molecule has 1 fully saturated rings. The normalized spacial score (nSPS) is 17.2. The number of pyridine rings is 2. The van der Waals surface area contributed by atoms with Crippen LogP contribution in [0, 0.1) is 0 Å². The van der Waals surface area contributed by atoms with Crippen LogP contribution in [0.5, 0.6) is 5.75 Å². The highest BCUT2D eigenvalue weighted by Crippen LogP contribution is 2.23. The molecule has 1 aliphatic heterocycles. The first kappa shape index (κ1) is 16.9. The van der Waals surface area contributed by atoms with Crippen LogP contribution < -0.4 is 0 Å². The standard InChI is InChI=1S/C21H23N3O2/c25-20-8-3-5-16-9-10-18(23-21(16)20)14-24(15-19-7-4-12-26-19)13-17-6-1-2-11-22-17/h1-3,5-6,8-11,19,25H,4,7,12-15H2. The van der Waals surface area contributed by atoms with Crippen molar-refractivity contribution in [1.82, 2.24) is 14.9 Å². The van der Waals surface area contributed by atoms with E-state index >= 15 is 0 Å². The zero-order chi connectivity index (χ0) is 17.8. The van der Waals surface area contributed by atoms with Crippen LogP contribution in [-0.4, -0.2) is 39.2 Å². The first-order chi connectivity index (χ1) is 12.8. The van der Waals surface area contributed by atoms with Gasteiger partial charge in [0.1, 0.15) is 11.3 Å². The molecule has 1 aliphatic rings. The summed E-state index contributed by atoms with van der Waals surface area (Å²) in [6, 6.07) is 15.5. The summed E-state index contributed by atoms with van der Waals surface area (Å²) in [7, 11) is 0. The van der Waals surface area contributed by atoms with Crippen molar-refractivity contribution >= 4 is 10.9 Å². The molecule has 1 unspecified atom stereocenters. The van der Waals surface area contributed by atoms with Crippen LogP contribution in [0.25, 0.3) is 10.9 Å². The number of aromatic hydroxyl groups is 1. The molecule has 0 bridgehead atoms. The predicted octanol–water partition coefficient (Wildman–Crippen LogP) is 3.52. The number of phenols is 1. The first-order valence-electron chi connectivity index (χ1n) is 9.09. The molecule has 1 N–H and O–H groups in total. The number of hydrogen-bond donors (Lipinski definition) is 1. The van der Waals surface area contributed by atoms with Gasteiger partial charge in [0.2, 0.25) is 0 Å². The second kappa shape index (κ2) is 7.81. The summed E-state index contributed by atoms with van der Waals surface area (Å²) in [4.78, 5) is 11.5. The fourth-order valence-electron chi connectivity index (χ4n) is 3.47. The SMILES string of the molecule is Oc1cccc2ccc(CN(Cc3ccccn3)CC3CCCO3)nc12. The smallest absolute Gasteiger partial charge is 0.141 e. The maximum absolute atomic E-state index is 10.1. The summed E-state index contributed by atoms with van der Waals surface area (Å²) >= 11 is 0. The highest BCUT2D eigenvalue weighted by Gasteiger charge is 2.20. The fourth-order valence-corrected chi connectivity index (χ4v) is 3.47. The third-order valence-electron chi connectivity index (χ3n) is 4.74. The Morgan fingerprint density at radius 2 is 1.96 bits per heavy atom. The van der Waals surface area contributed by atoms with E-state index in [1.54, 1.807) is 6.07 Å².